The second kappa shape index (κ2) is 8.60. The SMILES string of the molecule is O=C(NC[C@@H](c1ccsc1)N1CCOCC1)C(=O)NC1CCCC1. The first-order valence-electron chi connectivity index (χ1n) is 8.66. The summed E-state index contributed by atoms with van der Waals surface area (Å²) in [7, 11) is 0. The first-order valence-corrected chi connectivity index (χ1v) is 9.61. The second-order valence-corrected chi connectivity index (χ2v) is 7.17. The molecule has 7 heteroatoms. The third kappa shape index (κ3) is 4.55. The lowest BCUT2D eigenvalue weighted by Crippen LogP contribution is -2.48. The number of hydrogen-bond acceptors (Lipinski definition) is 5. The second-order valence-electron chi connectivity index (χ2n) is 6.39. The lowest BCUT2D eigenvalue weighted by Gasteiger charge is -2.34. The van der Waals surface area contributed by atoms with E-state index in [0.717, 1.165) is 38.8 Å². The van der Waals surface area contributed by atoms with Gasteiger partial charge in [-0.1, -0.05) is 12.8 Å². The minimum absolute atomic E-state index is 0.0865. The summed E-state index contributed by atoms with van der Waals surface area (Å²) in [5.41, 5.74) is 1.18. The number of thiophene rings is 1. The fraction of sp³-hybridized carbons (Fsp3) is 0.647. The Morgan fingerprint density at radius 2 is 2.00 bits per heavy atom. The van der Waals surface area contributed by atoms with E-state index in [4.69, 9.17) is 4.74 Å². The summed E-state index contributed by atoms with van der Waals surface area (Å²) in [6.45, 7) is 3.52. The molecule has 0 unspecified atom stereocenters. The van der Waals surface area contributed by atoms with Crippen LogP contribution in [0, 0.1) is 0 Å². The van der Waals surface area contributed by atoms with Gasteiger partial charge in [0, 0.05) is 25.7 Å². The lowest BCUT2D eigenvalue weighted by atomic mass is 10.1. The molecule has 2 amide bonds. The Morgan fingerprint density at radius 3 is 2.67 bits per heavy atom. The van der Waals surface area contributed by atoms with E-state index in [1.807, 2.05) is 5.38 Å². The van der Waals surface area contributed by atoms with Gasteiger partial charge in [0.15, 0.2) is 0 Å². The summed E-state index contributed by atoms with van der Waals surface area (Å²) < 4.78 is 5.41. The molecule has 24 heavy (non-hydrogen) atoms. The van der Waals surface area contributed by atoms with Crippen LogP contribution in [-0.4, -0.2) is 55.6 Å². The van der Waals surface area contributed by atoms with Crippen LogP contribution in [0.2, 0.25) is 0 Å². The zero-order chi connectivity index (χ0) is 16.8. The van der Waals surface area contributed by atoms with Gasteiger partial charge < -0.3 is 15.4 Å². The van der Waals surface area contributed by atoms with Gasteiger partial charge in [0.1, 0.15) is 0 Å². The van der Waals surface area contributed by atoms with Crippen molar-refractivity contribution in [3.05, 3.63) is 22.4 Å². The topological polar surface area (TPSA) is 70.7 Å². The minimum Gasteiger partial charge on any atom is -0.379 e. The molecule has 1 aliphatic carbocycles. The molecule has 2 heterocycles. The normalized spacial score (nSPS) is 20.7. The summed E-state index contributed by atoms with van der Waals surface area (Å²) in [6.07, 6.45) is 4.21. The third-order valence-electron chi connectivity index (χ3n) is 4.77. The Bertz CT molecular complexity index is 537. The van der Waals surface area contributed by atoms with Crippen molar-refractivity contribution in [2.45, 2.75) is 37.8 Å². The standard InChI is InChI=1S/C17H25N3O3S/c21-16(17(22)19-14-3-1-2-4-14)18-11-15(13-5-10-24-12-13)20-6-8-23-9-7-20/h5,10,12,14-15H,1-4,6-9,11H2,(H,18,21)(H,19,22)/t15-/m0/s1. The van der Waals surface area contributed by atoms with Crippen LogP contribution in [0.1, 0.15) is 37.3 Å². The molecular weight excluding hydrogens is 326 g/mol. The smallest absolute Gasteiger partial charge is 0.309 e. The molecule has 1 saturated carbocycles. The monoisotopic (exact) mass is 351 g/mol. The summed E-state index contributed by atoms with van der Waals surface area (Å²) in [5, 5.41) is 9.79. The van der Waals surface area contributed by atoms with Crippen LogP contribution in [0.15, 0.2) is 16.8 Å². The molecule has 6 nitrogen and oxygen atoms in total. The number of ether oxygens (including phenoxy) is 1. The average molecular weight is 351 g/mol. The van der Waals surface area contributed by atoms with E-state index in [2.05, 4.69) is 27.0 Å². The van der Waals surface area contributed by atoms with Gasteiger partial charge in [0.2, 0.25) is 0 Å². The van der Waals surface area contributed by atoms with E-state index in [1.165, 1.54) is 5.56 Å². The number of carbonyl (C=O) groups is 2. The summed E-state index contributed by atoms with van der Waals surface area (Å²) in [6, 6.07) is 2.33. The Balaban J connectivity index is 1.54. The Labute approximate surface area is 146 Å². The molecule has 1 aliphatic heterocycles. The highest BCUT2D eigenvalue weighted by atomic mass is 32.1. The van der Waals surface area contributed by atoms with Crippen LogP contribution in [0.25, 0.3) is 0 Å². The van der Waals surface area contributed by atoms with Gasteiger partial charge in [0.25, 0.3) is 0 Å². The number of nitrogens with one attached hydrogen (secondary N) is 2. The van der Waals surface area contributed by atoms with E-state index in [1.54, 1.807) is 11.3 Å². The zero-order valence-corrected chi connectivity index (χ0v) is 14.6. The summed E-state index contributed by atoms with van der Waals surface area (Å²) >= 11 is 1.64. The fourth-order valence-electron chi connectivity index (χ4n) is 3.40. The first-order chi connectivity index (χ1) is 11.7. The van der Waals surface area contributed by atoms with Crippen molar-refractivity contribution < 1.29 is 14.3 Å². The highest BCUT2D eigenvalue weighted by Crippen LogP contribution is 2.23. The van der Waals surface area contributed by atoms with Gasteiger partial charge in [0.05, 0.1) is 19.3 Å². The van der Waals surface area contributed by atoms with Crippen molar-refractivity contribution >= 4 is 23.2 Å². The van der Waals surface area contributed by atoms with Crippen molar-refractivity contribution in [1.29, 1.82) is 0 Å². The Hall–Kier alpha value is -1.44. The minimum atomic E-state index is -0.532. The van der Waals surface area contributed by atoms with Crippen LogP contribution in [-0.2, 0) is 14.3 Å². The van der Waals surface area contributed by atoms with E-state index >= 15 is 0 Å². The van der Waals surface area contributed by atoms with E-state index in [9.17, 15) is 9.59 Å². The Kier molecular flexibility index (Phi) is 6.23. The number of rotatable bonds is 5. The van der Waals surface area contributed by atoms with Gasteiger partial charge in [-0.3, -0.25) is 14.5 Å². The lowest BCUT2D eigenvalue weighted by molar-refractivity contribution is -0.139. The molecule has 1 atom stereocenters. The van der Waals surface area contributed by atoms with E-state index in [-0.39, 0.29) is 12.1 Å². The molecular formula is C17H25N3O3S. The van der Waals surface area contributed by atoms with Crippen LogP contribution in [0.5, 0.6) is 0 Å². The van der Waals surface area contributed by atoms with Crippen molar-refractivity contribution in [2.75, 3.05) is 32.8 Å². The van der Waals surface area contributed by atoms with E-state index < -0.39 is 11.8 Å². The quantitative estimate of drug-likeness (QED) is 0.785. The summed E-state index contributed by atoms with van der Waals surface area (Å²) in [5.74, 6) is -1.04. The molecule has 3 rings (SSSR count). The molecule has 2 N–H and O–H groups in total. The maximum atomic E-state index is 12.1. The predicted molar refractivity (Wildman–Crippen MR) is 92.9 cm³/mol. The van der Waals surface area contributed by atoms with Crippen LogP contribution < -0.4 is 10.6 Å². The number of nitrogens with zero attached hydrogens (tertiary/aromatic N) is 1. The maximum Gasteiger partial charge on any atom is 0.309 e. The Morgan fingerprint density at radius 1 is 1.25 bits per heavy atom. The van der Waals surface area contributed by atoms with E-state index in [0.29, 0.717) is 19.8 Å². The molecule has 1 aromatic rings. The molecule has 1 saturated heterocycles. The molecule has 2 fully saturated rings. The number of carbonyl (C=O) groups excluding carboxylic acids is 2. The van der Waals surface area contributed by atoms with Crippen LogP contribution in [0.3, 0.4) is 0 Å². The van der Waals surface area contributed by atoms with Crippen molar-refractivity contribution in [2.24, 2.45) is 0 Å². The molecule has 1 aromatic heterocycles. The molecule has 0 spiro atoms. The van der Waals surface area contributed by atoms with Crippen molar-refractivity contribution in [1.82, 2.24) is 15.5 Å². The van der Waals surface area contributed by atoms with Gasteiger partial charge in [-0.05, 0) is 35.2 Å². The van der Waals surface area contributed by atoms with Crippen LogP contribution >= 0.6 is 11.3 Å². The maximum absolute atomic E-state index is 12.1. The molecule has 0 radical (unpaired) electrons. The molecule has 132 valence electrons. The van der Waals surface area contributed by atoms with Gasteiger partial charge >= 0.3 is 11.8 Å². The van der Waals surface area contributed by atoms with Gasteiger partial charge in [-0.2, -0.15) is 11.3 Å². The largest absolute Gasteiger partial charge is 0.379 e. The zero-order valence-electron chi connectivity index (χ0n) is 13.8. The predicted octanol–water partition coefficient (Wildman–Crippen LogP) is 1.30. The first kappa shape index (κ1) is 17.4. The number of hydrogen-bond donors (Lipinski definition) is 2. The number of amides is 2. The number of morpholine rings is 1. The van der Waals surface area contributed by atoms with Gasteiger partial charge in [-0.15, -0.1) is 0 Å². The highest BCUT2D eigenvalue weighted by molar-refractivity contribution is 7.07. The molecule has 0 bridgehead atoms. The molecule has 2 aliphatic rings. The highest BCUT2D eigenvalue weighted by Gasteiger charge is 2.26. The van der Waals surface area contributed by atoms with Crippen LogP contribution in [0.4, 0.5) is 0 Å². The fourth-order valence-corrected chi connectivity index (χ4v) is 4.11. The van der Waals surface area contributed by atoms with Gasteiger partial charge in [-0.25, -0.2) is 0 Å². The van der Waals surface area contributed by atoms with Crippen molar-refractivity contribution in [3.63, 3.8) is 0 Å². The molecule has 0 aromatic carbocycles. The average Bonchev–Trinajstić information content (AvgIpc) is 3.30. The summed E-state index contributed by atoms with van der Waals surface area (Å²) in [4.78, 5) is 26.4. The third-order valence-corrected chi connectivity index (χ3v) is 5.47. The van der Waals surface area contributed by atoms with Crippen molar-refractivity contribution in [3.8, 4) is 0 Å².